The summed E-state index contributed by atoms with van der Waals surface area (Å²) in [7, 11) is 4.38. The summed E-state index contributed by atoms with van der Waals surface area (Å²) >= 11 is 0. The molecule has 0 aliphatic carbocycles. The van der Waals surface area contributed by atoms with Crippen LogP contribution < -0.4 is 29.7 Å². The van der Waals surface area contributed by atoms with Crippen LogP contribution in [0.3, 0.4) is 0 Å². The second-order valence-corrected chi connectivity index (χ2v) is 7.73. The lowest BCUT2D eigenvalue weighted by atomic mass is 10.1. The summed E-state index contributed by atoms with van der Waals surface area (Å²) in [6.07, 6.45) is 1.50. The number of nitrogens with one attached hydrogen (secondary N) is 2. The van der Waals surface area contributed by atoms with Crippen molar-refractivity contribution in [3.05, 3.63) is 82.9 Å². The van der Waals surface area contributed by atoms with Gasteiger partial charge in [0.2, 0.25) is 5.75 Å². The van der Waals surface area contributed by atoms with Gasteiger partial charge in [0.1, 0.15) is 12.4 Å². The van der Waals surface area contributed by atoms with Gasteiger partial charge in [-0.2, -0.15) is 5.10 Å². The molecule has 188 valence electrons. The number of aryl methyl sites for hydroxylation is 1. The summed E-state index contributed by atoms with van der Waals surface area (Å²) in [5.41, 5.74) is 5.71. The Morgan fingerprint density at radius 2 is 1.53 bits per heavy atom. The first-order valence-electron chi connectivity index (χ1n) is 11.1. The number of hydrazone groups is 1. The molecule has 3 rings (SSSR count). The van der Waals surface area contributed by atoms with Crippen LogP contribution in [0.15, 0.2) is 65.8 Å². The van der Waals surface area contributed by atoms with Crippen molar-refractivity contribution < 1.29 is 28.5 Å². The van der Waals surface area contributed by atoms with Crippen molar-refractivity contribution in [2.45, 2.75) is 13.5 Å². The average Bonchev–Trinajstić information content (AvgIpc) is 2.91. The molecule has 2 amide bonds. The van der Waals surface area contributed by atoms with Gasteiger partial charge in [0.15, 0.2) is 11.5 Å². The van der Waals surface area contributed by atoms with Crippen LogP contribution in [0, 0.1) is 6.92 Å². The Labute approximate surface area is 210 Å². The standard InChI is InChI=1S/C27H29N3O6/c1-18-5-7-20(8-6-18)17-36-22-11-9-19(10-12-22)15-29-30-25(31)16-28-27(32)21-13-23(33-2)26(35-4)24(14-21)34-3/h5-15H,16-17H2,1-4H3,(H,28,32)(H,30,31)/b29-15-. The van der Waals surface area contributed by atoms with E-state index in [9.17, 15) is 9.59 Å². The molecular formula is C27H29N3O6. The van der Waals surface area contributed by atoms with Gasteiger partial charge in [0.25, 0.3) is 11.8 Å². The average molecular weight is 492 g/mol. The minimum Gasteiger partial charge on any atom is -0.493 e. The third kappa shape index (κ3) is 7.23. The van der Waals surface area contributed by atoms with Crippen LogP contribution in [0.2, 0.25) is 0 Å². The molecule has 0 unspecified atom stereocenters. The molecule has 0 heterocycles. The molecule has 0 bridgehead atoms. The summed E-state index contributed by atoms with van der Waals surface area (Å²) in [5, 5.41) is 6.46. The predicted molar refractivity (Wildman–Crippen MR) is 136 cm³/mol. The Morgan fingerprint density at radius 3 is 2.11 bits per heavy atom. The maximum Gasteiger partial charge on any atom is 0.259 e. The Morgan fingerprint density at radius 1 is 0.889 bits per heavy atom. The molecule has 3 aromatic rings. The smallest absolute Gasteiger partial charge is 0.259 e. The molecule has 36 heavy (non-hydrogen) atoms. The molecule has 9 nitrogen and oxygen atoms in total. The lowest BCUT2D eigenvalue weighted by molar-refractivity contribution is -0.120. The first-order chi connectivity index (χ1) is 17.4. The minimum absolute atomic E-state index is 0.255. The highest BCUT2D eigenvalue weighted by Crippen LogP contribution is 2.38. The highest BCUT2D eigenvalue weighted by Gasteiger charge is 2.17. The molecule has 2 N–H and O–H groups in total. The van der Waals surface area contributed by atoms with E-state index in [0.29, 0.717) is 23.9 Å². The van der Waals surface area contributed by atoms with Crippen LogP contribution in [0.1, 0.15) is 27.0 Å². The van der Waals surface area contributed by atoms with E-state index in [1.807, 2.05) is 55.5 Å². The number of hydrogen-bond acceptors (Lipinski definition) is 7. The van der Waals surface area contributed by atoms with E-state index in [-0.39, 0.29) is 12.1 Å². The predicted octanol–water partition coefficient (Wildman–Crippen LogP) is 3.48. The molecular weight excluding hydrogens is 462 g/mol. The third-order valence-corrected chi connectivity index (χ3v) is 5.15. The maximum atomic E-state index is 12.5. The van der Waals surface area contributed by atoms with Gasteiger partial charge in [-0.3, -0.25) is 9.59 Å². The first-order valence-corrected chi connectivity index (χ1v) is 11.1. The summed E-state index contributed by atoms with van der Waals surface area (Å²) in [6.45, 7) is 2.26. The molecule has 9 heteroatoms. The molecule has 0 atom stereocenters. The number of methoxy groups -OCH3 is 3. The van der Waals surface area contributed by atoms with Crippen LogP contribution in [0.5, 0.6) is 23.0 Å². The zero-order valence-electron chi connectivity index (χ0n) is 20.7. The lowest BCUT2D eigenvalue weighted by Crippen LogP contribution is -2.34. The van der Waals surface area contributed by atoms with Gasteiger partial charge in [0.05, 0.1) is 34.1 Å². The second kappa shape index (κ2) is 12.8. The van der Waals surface area contributed by atoms with E-state index in [1.165, 1.54) is 45.2 Å². The molecule has 3 aromatic carbocycles. The van der Waals surface area contributed by atoms with Crippen LogP contribution in [0.25, 0.3) is 0 Å². The summed E-state index contributed by atoms with van der Waals surface area (Å²) in [6, 6.07) is 18.5. The van der Waals surface area contributed by atoms with Crippen molar-refractivity contribution in [2.24, 2.45) is 5.10 Å². The topological polar surface area (TPSA) is 107 Å². The van der Waals surface area contributed by atoms with Gasteiger partial charge in [-0.15, -0.1) is 0 Å². The molecule has 0 saturated heterocycles. The van der Waals surface area contributed by atoms with Crippen LogP contribution in [0.4, 0.5) is 0 Å². The van der Waals surface area contributed by atoms with Gasteiger partial charge < -0.3 is 24.3 Å². The normalized spacial score (nSPS) is 10.6. The molecule has 0 saturated carbocycles. The van der Waals surface area contributed by atoms with Gasteiger partial charge in [0, 0.05) is 5.56 Å². The summed E-state index contributed by atoms with van der Waals surface area (Å²) < 4.78 is 21.5. The molecule has 0 aromatic heterocycles. The highest BCUT2D eigenvalue weighted by molar-refractivity contribution is 5.97. The highest BCUT2D eigenvalue weighted by atomic mass is 16.5. The third-order valence-electron chi connectivity index (χ3n) is 5.15. The fourth-order valence-corrected chi connectivity index (χ4v) is 3.19. The zero-order chi connectivity index (χ0) is 25.9. The summed E-state index contributed by atoms with van der Waals surface area (Å²) in [5.74, 6) is 0.811. The van der Waals surface area contributed by atoms with Crippen molar-refractivity contribution in [2.75, 3.05) is 27.9 Å². The Bertz CT molecular complexity index is 1180. The molecule has 0 radical (unpaired) electrons. The van der Waals surface area contributed by atoms with Crippen molar-refractivity contribution in [3.63, 3.8) is 0 Å². The lowest BCUT2D eigenvalue weighted by Gasteiger charge is -2.14. The number of benzene rings is 3. The Hall–Kier alpha value is -4.53. The van der Waals surface area contributed by atoms with E-state index in [2.05, 4.69) is 15.8 Å². The number of carbonyl (C=O) groups excluding carboxylic acids is 2. The number of hydrogen-bond donors (Lipinski definition) is 2. The van der Waals surface area contributed by atoms with Crippen molar-refractivity contribution in [1.29, 1.82) is 0 Å². The molecule has 0 aliphatic rings. The van der Waals surface area contributed by atoms with E-state index < -0.39 is 11.8 Å². The SMILES string of the molecule is COc1cc(C(=O)NCC(=O)N/N=C\c2ccc(OCc3ccc(C)cc3)cc2)cc(OC)c1OC. The van der Waals surface area contributed by atoms with Gasteiger partial charge in [-0.1, -0.05) is 29.8 Å². The Kier molecular flexibility index (Phi) is 9.27. The van der Waals surface area contributed by atoms with Crippen LogP contribution in [-0.4, -0.2) is 45.9 Å². The van der Waals surface area contributed by atoms with E-state index in [0.717, 1.165) is 16.9 Å². The van der Waals surface area contributed by atoms with Crippen LogP contribution >= 0.6 is 0 Å². The van der Waals surface area contributed by atoms with E-state index >= 15 is 0 Å². The minimum atomic E-state index is -0.481. The van der Waals surface area contributed by atoms with Gasteiger partial charge >= 0.3 is 0 Å². The van der Waals surface area contributed by atoms with Gasteiger partial charge in [-0.25, -0.2) is 5.43 Å². The zero-order valence-corrected chi connectivity index (χ0v) is 20.7. The monoisotopic (exact) mass is 491 g/mol. The van der Waals surface area contributed by atoms with E-state index in [4.69, 9.17) is 18.9 Å². The fourth-order valence-electron chi connectivity index (χ4n) is 3.19. The van der Waals surface area contributed by atoms with E-state index in [1.54, 1.807) is 0 Å². The molecule has 0 fully saturated rings. The van der Waals surface area contributed by atoms with Crippen molar-refractivity contribution in [3.8, 4) is 23.0 Å². The first kappa shape index (κ1) is 26.1. The maximum absolute atomic E-state index is 12.5. The van der Waals surface area contributed by atoms with Crippen molar-refractivity contribution >= 4 is 18.0 Å². The van der Waals surface area contributed by atoms with Crippen molar-refractivity contribution in [1.82, 2.24) is 10.7 Å². The fraction of sp³-hybridized carbons (Fsp3) is 0.222. The largest absolute Gasteiger partial charge is 0.493 e. The molecule has 0 spiro atoms. The number of nitrogens with zero attached hydrogens (tertiary/aromatic N) is 1. The number of amides is 2. The van der Waals surface area contributed by atoms with Crippen LogP contribution in [-0.2, 0) is 11.4 Å². The number of ether oxygens (including phenoxy) is 4. The quantitative estimate of drug-likeness (QED) is 0.314. The van der Waals surface area contributed by atoms with Gasteiger partial charge in [-0.05, 0) is 54.4 Å². The number of rotatable bonds is 11. The molecule has 0 aliphatic heterocycles. The number of carbonyl (C=O) groups is 2. The summed E-state index contributed by atoms with van der Waals surface area (Å²) in [4.78, 5) is 24.6. The second-order valence-electron chi connectivity index (χ2n) is 7.73. The Balaban J connectivity index is 1.46.